The number of halogens is 1. The van der Waals surface area contributed by atoms with Gasteiger partial charge in [0.1, 0.15) is 0 Å². The highest BCUT2D eigenvalue weighted by atomic mass is 35.5. The second-order valence-electron chi connectivity index (χ2n) is 6.76. The van der Waals surface area contributed by atoms with E-state index in [1.165, 1.54) is 35.3 Å². The molecule has 0 radical (unpaired) electrons. The van der Waals surface area contributed by atoms with E-state index >= 15 is 0 Å². The number of amides is 1. The van der Waals surface area contributed by atoms with Crippen molar-refractivity contribution in [2.24, 2.45) is 4.99 Å². The van der Waals surface area contributed by atoms with E-state index in [2.05, 4.69) is 22.5 Å². The number of benzene rings is 2. The van der Waals surface area contributed by atoms with E-state index in [9.17, 15) is 4.79 Å². The zero-order chi connectivity index (χ0) is 18.1. The van der Waals surface area contributed by atoms with Crippen LogP contribution < -0.4 is 4.80 Å². The smallest absolute Gasteiger partial charge is 0.279 e. The fraction of sp³-hybridized carbons (Fsp3) is 0.333. The first-order valence-corrected chi connectivity index (χ1v) is 10.3. The van der Waals surface area contributed by atoms with Crippen LogP contribution in [0.15, 0.2) is 41.4 Å². The number of thiazole rings is 1. The Labute approximate surface area is 162 Å². The van der Waals surface area contributed by atoms with Gasteiger partial charge in [-0.15, -0.1) is 0 Å². The summed E-state index contributed by atoms with van der Waals surface area (Å²) in [7, 11) is 0. The molecule has 3 nitrogen and oxygen atoms in total. The van der Waals surface area contributed by atoms with Gasteiger partial charge in [-0.1, -0.05) is 35.9 Å². The molecule has 0 saturated carbocycles. The van der Waals surface area contributed by atoms with Gasteiger partial charge in [-0.25, -0.2) is 0 Å². The molecule has 1 amide bonds. The molecule has 1 heterocycles. The first kappa shape index (κ1) is 17.5. The molecule has 0 fully saturated rings. The molecule has 5 heteroatoms. The van der Waals surface area contributed by atoms with E-state index in [-0.39, 0.29) is 5.91 Å². The Morgan fingerprint density at radius 2 is 1.96 bits per heavy atom. The molecule has 1 aliphatic rings. The Hall–Kier alpha value is -1.91. The summed E-state index contributed by atoms with van der Waals surface area (Å²) < 4.78 is 3.18. The van der Waals surface area contributed by atoms with E-state index in [1.54, 1.807) is 0 Å². The van der Waals surface area contributed by atoms with Gasteiger partial charge in [0.05, 0.1) is 10.2 Å². The van der Waals surface area contributed by atoms with Gasteiger partial charge < -0.3 is 4.57 Å². The number of aryl methyl sites for hydroxylation is 3. The van der Waals surface area contributed by atoms with Gasteiger partial charge in [0.25, 0.3) is 5.91 Å². The Kier molecular flexibility index (Phi) is 4.96. The standard InChI is InChI=1S/C21H21ClN2OS/c1-2-11-24-18-10-9-17(22)13-19(18)26-21(24)23-20(25)16-8-7-14-5-3-4-6-15(14)12-16/h7-10,12-13H,2-6,11H2,1H3. The zero-order valence-corrected chi connectivity index (χ0v) is 16.4. The molecule has 1 aromatic heterocycles. The lowest BCUT2D eigenvalue weighted by Gasteiger charge is -2.15. The highest BCUT2D eigenvalue weighted by Crippen LogP contribution is 2.24. The van der Waals surface area contributed by atoms with Gasteiger partial charge in [-0.05, 0) is 73.6 Å². The lowest BCUT2D eigenvalue weighted by Crippen LogP contribution is -2.17. The predicted octanol–water partition coefficient (Wildman–Crippen LogP) is 5.39. The summed E-state index contributed by atoms with van der Waals surface area (Å²) in [6.07, 6.45) is 5.61. The molecule has 0 saturated heterocycles. The highest BCUT2D eigenvalue weighted by molar-refractivity contribution is 7.16. The Morgan fingerprint density at radius 3 is 2.77 bits per heavy atom. The maximum atomic E-state index is 12.8. The number of carbonyl (C=O) groups excluding carboxylic acids is 1. The van der Waals surface area contributed by atoms with Crippen molar-refractivity contribution < 1.29 is 4.79 Å². The van der Waals surface area contributed by atoms with Crippen LogP contribution in [0.25, 0.3) is 10.2 Å². The van der Waals surface area contributed by atoms with E-state index in [0.29, 0.717) is 10.6 Å². The second kappa shape index (κ2) is 7.37. The fourth-order valence-corrected chi connectivity index (χ4v) is 4.92. The third kappa shape index (κ3) is 3.36. The van der Waals surface area contributed by atoms with Gasteiger partial charge in [0.2, 0.25) is 0 Å². The number of aromatic nitrogens is 1. The largest absolute Gasteiger partial charge is 0.316 e. The fourth-order valence-electron chi connectivity index (χ4n) is 3.59. The SMILES string of the molecule is CCCn1c(=NC(=O)c2ccc3c(c2)CCCC3)sc2cc(Cl)ccc21. The molecular formula is C21H21ClN2OS. The molecule has 0 unspecified atom stereocenters. The Balaban J connectivity index is 1.77. The minimum Gasteiger partial charge on any atom is -0.316 e. The highest BCUT2D eigenvalue weighted by Gasteiger charge is 2.13. The first-order chi connectivity index (χ1) is 12.7. The van der Waals surface area contributed by atoms with Crippen LogP contribution in [-0.2, 0) is 19.4 Å². The Morgan fingerprint density at radius 1 is 1.15 bits per heavy atom. The van der Waals surface area contributed by atoms with E-state index in [1.807, 2.05) is 30.3 Å². The third-order valence-corrected chi connectivity index (χ3v) is 6.16. The molecule has 2 aromatic carbocycles. The van der Waals surface area contributed by atoms with Crippen LogP contribution in [-0.4, -0.2) is 10.5 Å². The molecule has 1 aliphatic carbocycles. The van der Waals surface area contributed by atoms with Crippen LogP contribution in [0.5, 0.6) is 0 Å². The van der Waals surface area contributed by atoms with Crippen LogP contribution in [0.4, 0.5) is 0 Å². The lowest BCUT2D eigenvalue weighted by atomic mass is 9.90. The topological polar surface area (TPSA) is 34.4 Å². The minimum atomic E-state index is -0.166. The summed E-state index contributed by atoms with van der Waals surface area (Å²) in [6.45, 7) is 2.96. The van der Waals surface area contributed by atoms with Crippen LogP contribution >= 0.6 is 22.9 Å². The van der Waals surface area contributed by atoms with Gasteiger partial charge in [-0.2, -0.15) is 4.99 Å². The number of hydrogen-bond acceptors (Lipinski definition) is 2. The predicted molar refractivity (Wildman–Crippen MR) is 108 cm³/mol. The summed E-state index contributed by atoms with van der Waals surface area (Å²) in [5.74, 6) is -0.166. The molecule has 26 heavy (non-hydrogen) atoms. The number of fused-ring (bicyclic) bond motifs is 2. The number of hydrogen-bond donors (Lipinski definition) is 0. The zero-order valence-electron chi connectivity index (χ0n) is 14.8. The van der Waals surface area contributed by atoms with E-state index in [0.717, 1.165) is 40.8 Å². The van der Waals surface area contributed by atoms with Crippen molar-refractivity contribution in [1.29, 1.82) is 0 Å². The summed E-state index contributed by atoms with van der Waals surface area (Å²) in [4.78, 5) is 18.0. The maximum absolute atomic E-state index is 12.8. The molecular weight excluding hydrogens is 364 g/mol. The summed E-state index contributed by atoms with van der Waals surface area (Å²) in [5, 5.41) is 0.704. The van der Waals surface area contributed by atoms with Crippen molar-refractivity contribution in [3.63, 3.8) is 0 Å². The first-order valence-electron chi connectivity index (χ1n) is 9.15. The normalized spacial score (nSPS) is 14.6. The van der Waals surface area contributed by atoms with Crippen molar-refractivity contribution in [3.05, 3.63) is 62.9 Å². The molecule has 4 rings (SSSR count). The average Bonchev–Trinajstić information content (AvgIpc) is 2.98. The maximum Gasteiger partial charge on any atom is 0.279 e. The average molecular weight is 385 g/mol. The molecule has 3 aromatic rings. The van der Waals surface area contributed by atoms with Crippen LogP contribution in [0.3, 0.4) is 0 Å². The third-order valence-electron chi connectivity index (χ3n) is 4.88. The number of rotatable bonds is 3. The molecule has 0 atom stereocenters. The molecule has 0 aliphatic heterocycles. The van der Waals surface area contributed by atoms with Crippen LogP contribution in [0.2, 0.25) is 5.02 Å². The van der Waals surface area contributed by atoms with Gasteiger partial charge in [0, 0.05) is 17.1 Å². The molecule has 134 valence electrons. The van der Waals surface area contributed by atoms with Gasteiger partial charge >= 0.3 is 0 Å². The number of carbonyl (C=O) groups is 1. The van der Waals surface area contributed by atoms with Crippen LogP contribution in [0.1, 0.15) is 47.7 Å². The summed E-state index contributed by atoms with van der Waals surface area (Å²) >= 11 is 7.65. The van der Waals surface area contributed by atoms with Gasteiger partial charge in [-0.3, -0.25) is 4.79 Å². The molecule has 0 spiro atoms. The minimum absolute atomic E-state index is 0.166. The van der Waals surface area contributed by atoms with Crippen molar-refractivity contribution in [3.8, 4) is 0 Å². The van der Waals surface area contributed by atoms with Crippen molar-refractivity contribution in [2.45, 2.75) is 45.6 Å². The van der Waals surface area contributed by atoms with Crippen molar-refractivity contribution in [2.75, 3.05) is 0 Å². The summed E-state index contributed by atoms with van der Waals surface area (Å²) in [6, 6.07) is 11.9. The van der Waals surface area contributed by atoms with Crippen LogP contribution in [0, 0.1) is 0 Å². The molecule has 0 N–H and O–H groups in total. The number of nitrogens with zero attached hydrogens (tertiary/aromatic N) is 2. The van der Waals surface area contributed by atoms with E-state index in [4.69, 9.17) is 11.6 Å². The quantitative estimate of drug-likeness (QED) is 0.596. The Bertz CT molecular complexity index is 1050. The summed E-state index contributed by atoms with van der Waals surface area (Å²) in [5.41, 5.74) is 4.45. The van der Waals surface area contributed by atoms with E-state index < -0.39 is 0 Å². The van der Waals surface area contributed by atoms with Crippen molar-refractivity contribution >= 4 is 39.1 Å². The monoisotopic (exact) mass is 384 g/mol. The van der Waals surface area contributed by atoms with Crippen molar-refractivity contribution in [1.82, 2.24) is 4.57 Å². The second-order valence-corrected chi connectivity index (χ2v) is 8.20. The lowest BCUT2D eigenvalue weighted by molar-refractivity contribution is 0.0997. The van der Waals surface area contributed by atoms with Gasteiger partial charge in [0.15, 0.2) is 4.80 Å². The molecule has 0 bridgehead atoms.